The Morgan fingerprint density at radius 3 is 2.55 bits per heavy atom. The van der Waals surface area contributed by atoms with Crippen LogP contribution in [0.3, 0.4) is 0 Å². The van der Waals surface area contributed by atoms with Crippen molar-refractivity contribution < 1.29 is 18.9 Å². The third-order valence-electron chi connectivity index (χ3n) is 5.27. The molecule has 1 aliphatic rings. The quantitative estimate of drug-likeness (QED) is 0.465. The number of nitrogens with two attached hydrogens (primary N) is 1. The summed E-state index contributed by atoms with van der Waals surface area (Å²) >= 11 is 3.58. The van der Waals surface area contributed by atoms with Crippen molar-refractivity contribution in [3.63, 3.8) is 0 Å². The molecular weight excluding hydrogens is 488 g/mol. The fourth-order valence-electron chi connectivity index (χ4n) is 3.87. The van der Waals surface area contributed by atoms with Crippen molar-refractivity contribution >= 4 is 15.9 Å². The first kappa shape index (κ1) is 22.6. The van der Waals surface area contributed by atoms with E-state index in [0.717, 1.165) is 22.6 Å². The van der Waals surface area contributed by atoms with Crippen molar-refractivity contribution in [2.75, 3.05) is 20.3 Å². The number of hydrogen-bond donors (Lipinski definition) is 2. The highest BCUT2D eigenvalue weighted by atomic mass is 79.9. The molecule has 0 spiro atoms. The number of nitrogens with one attached hydrogen (secondary N) is 1. The van der Waals surface area contributed by atoms with Crippen LogP contribution in [-0.4, -0.2) is 30.5 Å². The van der Waals surface area contributed by atoms with Gasteiger partial charge in [-0.1, -0.05) is 0 Å². The largest absolute Gasteiger partial charge is 0.494 e. The van der Waals surface area contributed by atoms with Gasteiger partial charge in [-0.05, 0) is 71.7 Å². The molecule has 0 fully saturated rings. The van der Waals surface area contributed by atoms with Gasteiger partial charge in [-0.2, -0.15) is 5.26 Å². The van der Waals surface area contributed by atoms with E-state index < -0.39 is 5.92 Å². The topological polar surface area (TPSA) is 115 Å². The highest BCUT2D eigenvalue weighted by molar-refractivity contribution is 9.10. The molecule has 2 heterocycles. The number of rotatable bonds is 7. The third kappa shape index (κ3) is 4.10. The molecule has 170 valence electrons. The van der Waals surface area contributed by atoms with Crippen molar-refractivity contribution in [2.24, 2.45) is 5.73 Å². The number of fused-ring (bicyclic) bond motifs is 1. The molecule has 1 unspecified atom stereocenters. The first-order chi connectivity index (χ1) is 16.0. The van der Waals surface area contributed by atoms with Crippen LogP contribution in [0.4, 0.5) is 0 Å². The molecule has 3 N–H and O–H groups in total. The minimum absolute atomic E-state index is 0.0173. The van der Waals surface area contributed by atoms with Crippen LogP contribution in [0.2, 0.25) is 0 Å². The molecule has 1 aliphatic heterocycles. The second-order valence-electron chi connectivity index (χ2n) is 7.17. The van der Waals surface area contributed by atoms with Gasteiger partial charge in [-0.25, -0.2) is 0 Å². The van der Waals surface area contributed by atoms with Gasteiger partial charge in [0.15, 0.2) is 11.5 Å². The lowest BCUT2D eigenvalue weighted by molar-refractivity contribution is 0.308. The molecule has 1 atom stereocenters. The lowest BCUT2D eigenvalue weighted by Crippen LogP contribution is -2.21. The predicted molar refractivity (Wildman–Crippen MR) is 126 cm³/mol. The van der Waals surface area contributed by atoms with E-state index >= 15 is 0 Å². The van der Waals surface area contributed by atoms with Gasteiger partial charge >= 0.3 is 0 Å². The lowest BCUT2D eigenvalue weighted by Gasteiger charge is -2.25. The van der Waals surface area contributed by atoms with Gasteiger partial charge < -0.3 is 24.7 Å². The van der Waals surface area contributed by atoms with Gasteiger partial charge in [0.05, 0.1) is 42.0 Å². The summed E-state index contributed by atoms with van der Waals surface area (Å²) in [6.07, 6.45) is 0. The van der Waals surface area contributed by atoms with E-state index in [1.54, 1.807) is 7.11 Å². The number of allylic oxidation sites excluding steroid dienone is 1. The average molecular weight is 511 g/mol. The van der Waals surface area contributed by atoms with Crippen LogP contribution in [-0.2, 0) is 0 Å². The summed E-state index contributed by atoms with van der Waals surface area (Å²) in [6.45, 7) is 4.90. The highest BCUT2D eigenvalue weighted by Crippen LogP contribution is 2.48. The lowest BCUT2D eigenvalue weighted by atomic mass is 9.83. The molecule has 33 heavy (non-hydrogen) atoms. The standard InChI is InChI=1S/C24H23BrN4O4/c1-4-31-15-8-6-13(7-9-15)21-20-19(16(12-26)23(27)33-24(20)29-28-21)14-10-17(25)22(32-5-2)18(11-14)30-3/h6-11,19H,4-5,27H2,1-3H3,(H,28,29). The summed E-state index contributed by atoms with van der Waals surface area (Å²) in [6, 6.07) is 13.6. The highest BCUT2D eigenvalue weighted by Gasteiger charge is 2.36. The minimum atomic E-state index is -0.528. The number of ether oxygens (including phenoxy) is 4. The van der Waals surface area contributed by atoms with Crippen LogP contribution < -0.4 is 24.7 Å². The first-order valence-electron chi connectivity index (χ1n) is 10.4. The predicted octanol–water partition coefficient (Wildman–Crippen LogP) is 4.86. The summed E-state index contributed by atoms with van der Waals surface area (Å²) in [7, 11) is 1.57. The molecule has 2 aromatic carbocycles. The Hall–Kier alpha value is -3.64. The van der Waals surface area contributed by atoms with Crippen molar-refractivity contribution in [3.05, 3.63) is 63.5 Å². The summed E-state index contributed by atoms with van der Waals surface area (Å²) in [5.74, 6) is 1.71. The number of benzene rings is 2. The Balaban J connectivity index is 1.89. The zero-order chi connectivity index (χ0) is 23.5. The van der Waals surface area contributed by atoms with Crippen molar-refractivity contribution in [2.45, 2.75) is 19.8 Å². The number of methoxy groups -OCH3 is 1. The van der Waals surface area contributed by atoms with E-state index in [9.17, 15) is 5.26 Å². The Labute approximate surface area is 200 Å². The van der Waals surface area contributed by atoms with Crippen molar-refractivity contribution in [1.82, 2.24) is 10.2 Å². The summed E-state index contributed by atoms with van der Waals surface area (Å²) in [5, 5.41) is 17.3. The molecule has 4 rings (SSSR count). The Kier molecular flexibility index (Phi) is 6.47. The van der Waals surface area contributed by atoms with Gasteiger partial charge in [-0.3, -0.25) is 5.10 Å². The molecule has 1 aromatic heterocycles. The number of aromatic nitrogens is 2. The fraction of sp³-hybridized carbons (Fsp3) is 0.250. The minimum Gasteiger partial charge on any atom is -0.494 e. The monoisotopic (exact) mass is 510 g/mol. The maximum atomic E-state index is 9.97. The Morgan fingerprint density at radius 1 is 1.18 bits per heavy atom. The van der Waals surface area contributed by atoms with Crippen LogP contribution in [0.1, 0.15) is 30.9 Å². The van der Waals surface area contributed by atoms with E-state index in [-0.39, 0.29) is 11.5 Å². The van der Waals surface area contributed by atoms with Crippen LogP contribution in [0.25, 0.3) is 11.3 Å². The molecule has 9 heteroatoms. The number of H-pyrrole nitrogens is 1. The molecule has 0 saturated heterocycles. The number of aromatic amines is 1. The normalized spacial score (nSPS) is 14.8. The average Bonchev–Trinajstić information content (AvgIpc) is 3.23. The van der Waals surface area contributed by atoms with Crippen LogP contribution in [0, 0.1) is 11.3 Å². The molecule has 3 aromatic rings. The summed E-state index contributed by atoms with van der Waals surface area (Å²) < 4.78 is 23.3. The smallest absolute Gasteiger partial charge is 0.244 e. The maximum absolute atomic E-state index is 9.97. The summed E-state index contributed by atoms with van der Waals surface area (Å²) in [5.41, 5.74) is 9.49. The molecule has 0 radical (unpaired) electrons. The maximum Gasteiger partial charge on any atom is 0.244 e. The van der Waals surface area contributed by atoms with Crippen molar-refractivity contribution in [1.29, 1.82) is 5.26 Å². The van der Waals surface area contributed by atoms with Gasteiger partial charge in [0.25, 0.3) is 0 Å². The summed E-state index contributed by atoms with van der Waals surface area (Å²) in [4.78, 5) is 0. The zero-order valence-corrected chi connectivity index (χ0v) is 20.0. The molecule has 0 amide bonds. The van der Waals surface area contributed by atoms with E-state index in [4.69, 9.17) is 24.7 Å². The number of nitrogens with zero attached hydrogens (tertiary/aromatic N) is 2. The van der Waals surface area contributed by atoms with Gasteiger partial charge in [0, 0.05) is 5.56 Å². The Morgan fingerprint density at radius 2 is 1.91 bits per heavy atom. The van der Waals surface area contributed by atoms with Crippen LogP contribution in [0.5, 0.6) is 23.1 Å². The van der Waals surface area contributed by atoms with Gasteiger partial charge in [0.1, 0.15) is 17.4 Å². The number of nitriles is 1. The first-order valence-corrected chi connectivity index (χ1v) is 11.2. The van der Waals surface area contributed by atoms with Gasteiger partial charge in [0.2, 0.25) is 11.8 Å². The number of hydrogen-bond acceptors (Lipinski definition) is 7. The van der Waals surface area contributed by atoms with E-state index in [1.807, 2.05) is 50.2 Å². The van der Waals surface area contributed by atoms with E-state index in [2.05, 4.69) is 32.2 Å². The molecule has 8 nitrogen and oxygen atoms in total. The van der Waals surface area contributed by atoms with E-state index in [1.165, 1.54) is 0 Å². The Bertz CT molecular complexity index is 1240. The van der Waals surface area contributed by atoms with Crippen molar-refractivity contribution in [3.8, 4) is 40.5 Å². The van der Waals surface area contributed by atoms with E-state index in [0.29, 0.717) is 40.6 Å². The molecular formula is C24H23BrN4O4. The second-order valence-corrected chi connectivity index (χ2v) is 8.02. The SMILES string of the molecule is CCOc1ccc(-c2[nH]nc3c2C(c2cc(Br)c(OCC)c(OC)c2)C(C#N)=C(N)O3)cc1. The number of halogens is 1. The third-order valence-corrected chi connectivity index (χ3v) is 5.86. The van der Waals surface area contributed by atoms with Crippen LogP contribution in [0.15, 0.2) is 52.3 Å². The molecule has 0 bridgehead atoms. The fourth-order valence-corrected chi connectivity index (χ4v) is 4.45. The zero-order valence-electron chi connectivity index (χ0n) is 18.4. The van der Waals surface area contributed by atoms with Gasteiger partial charge in [-0.15, -0.1) is 5.10 Å². The second kappa shape index (κ2) is 9.46. The molecule has 0 saturated carbocycles. The van der Waals surface area contributed by atoms with Crippen LogP contribution >= 0.6 is 15.9 Å². The molecule has 0 aliphatic carbocycles.